The van der Waals surface area contributed by atoms with E-state index in [0.717, 1.165) is 10.7 Å². The molecule has 0 aliphatic rings. The van der Waals surface area contributed by atoms with Crippen molar-refractivity contribution in [2.45, 2.75) is 37.6 Å². The number of halogens is 1. The van der Waals surface area contributed by atoms with Gasteiger partial charge in [-0.05, 0) is 38.5 Å². The predicted molar refractivity (Wildman–Crippen MR) is 84.2 cm³/mol. The molecule has 0 saturated carbocycles. The van der Waals surface area contributed by atoms with Crippen LogP contribution in [0.1, 0.15) is 37.6 Å². The first kappa shape index (κ1) is 17.9. The lowest BCUT2D eigenvalue weighted by Gasteiger charge is -2.25. The van der Waals surface area contributed by atoms with Gasteiger partial charge in [-0.15, -0.1) is 0 Å². The minimum atomic E-state index is -3.60. The molecule has 5 nitrogen and oxygen atoms in total. The van der Waals surface area contributed by atoms with E-state index in [9.17, 15) is 13.2 Å². The first-order valence-electron chi connectivity index (χ1n) is 6.56. The van der Waals surface area contributed by atoms with Crippen LogP contribution in [0.4, 0.5) is 0 Å². The lowest BCUT2D eigenvalue weighted by Crippen LogP contribution is -2.42. The van der Waals surface area contributed by atoms with Gasteiger partial charge < -0.3 is 5.32 Å². The lowest BCUT2D eigenvalue weighted by molar-refractivity contribution is 0.0911. The van der Waals surface area contributed by atoms with Crippen LogP contribution in [0.2, 0.25) is 5.02 Å². The standard InChI is InChI=1S/C14H21ClN2O3S/c1-6-14(2,3)16-13(18)11-9-10(7-8-12(11)15)21(19,20)17(4)5/h7-9H,6H2,1-5H3,(H,16,18). The van der Waals surface area contributed by atoms with Crippen molar-refractivity contribution in [2.75, 3.05) is 14.1 Å². The fraction of sp³-hybridized carbons (Fsp3) is 0.500. The van der Waals surface area contributed by atoms with Crippen LogP contribution in [0.5, 0.6) is 0 Å². The van der Waals surface area contributed by atoms with Crippen LogP contribution >= 0.6 is 11.6 Å². The molecule has 0 aliphatic heterocycles. The molecule has 0 saturated heterocycles. The molecule has 0 unspecified atom stereocenters. The molecule has 0 heterocycles. The highest BCUT2D eigenvalue weighted by Gasteiger charge is 2.23. The Balaban J connectivity index is 3.24. The van der Waals surface area contributed by atoms with Gasteiger partial charge in [0.15, 0.2) is 0 Å². The number of carbonyl (C=O) groups excluding carboxylic acids is 1. The van der Waals surface area contributed by atoms with E-state index in [1.165, 1.54) is 32.3 Å². The Morgan fingerprint density at radius 3 is 2.38 bits per heavy atom. The van der Waals surface area contributed by atoms with E-state index in [1.807, 2.05) is 20.8 Å². The summed E-state index contributed by atoms with van der Waals surface area (Å²) in [7, 11) is -0.735. The Labute approximate surface area is 131 Å². The maximum atomic E-state index is 12.3. The van der Waals surface area contributed by atoms with E-state index in [2.05, 4.69) is 5.32 Å². The molecule has 1 aromatic rings. The third-order valence-corrected chi connectivity index (χ3v) is 5.44. The summed E-state index contributed by atoms with van der Waals surface area (Å²) in [6.45, 7) is 5.73. The normalized spacial score (nSPS) is 12.5. The summed E-state index contributed by atoms with van der Waals surface area (Å²) in [4.78, 5) is 12.3. The zero-order valence-corrected chi connectivity index (χ0v) is 14.5. The van der Waals surface area contributed by atoms with Crippen molar-refractivity contribution in [2.24, 2.45) is 0 Å². The molecular weight excluding hydrogens is 312 g/mol. The highest BCUT2D eigenvalue weighted by molar-refractivity contribution is 7.89. The smallest absolute Gasteiger partial charge is 0.253 e. The Morgan fingerprint density at radius 2 is 1.90 bits per heavy atom. The van der Waals surface area contributed by atoms with Crippen LogP contribution < -0.4 is 5.32 Å². The number of rotatable bonds is 5. The maximum Gasteiger partial charge on any atom is 0.253 e. The summed E-state index contributed by atoms with van der Waals surface area (Å²) in [5.41, 5.74) is -0.238. The molecular formula is C14H21ClN2O3S. The number of benzene rings is 1. The number of nitrogens with one attached hydrogen (secondary N) is 1. The number of hydrogen-bond donors (Lipinski definition) is 1. The minimum Gasteiger partial charge on any atom is -0.347 e. The number of carbonyl (C=O) groups is 1. The zero-order chi connectivity index (χ0) is 16.4. The van der Waals surface area contributed by atoms with Crippen LogP contribution in [-0.4, -0.2) is 38.3 Å². The predicted octanol–water partition coefficient (Wildman–Crippen LogP) is 2.51. The van der Waals surface area contributed by atoms with Crippen LogP contribution in [-0.2, 0) is 10.0 Å². The van der Waals surface area contributed by atoms with Crippen molar-refractivity contribution < 1.29 is 13.2 Å². The molecule has 1 amide bonds. The second-order valence-electron chi connectivity index (χ2n) is 5.62. The van der Waals surface area contributed by atoms with Crippen molar-refractivity contribution in [3.63, 3.8) is 0 Å². The molecule has 118 valence electrons. The van der Waals surface area contributed by atoms with E-state index < -0.39 is 15.6 Å². The van der Waals surface area contributed by atoms with Gasteiger partial charge in [-0.1, -0.05) is 18.5 Å². The summed E-state index contributed by atoms with van der Waals surface area (Å²) < 4.78 is 25.3. The van der Waals surface area contributed by atoms with Crippen molar-refractivity contribution in [1.82, 2.24) is 9.62 Å². The van der Waals surface area contributed by atoms with Gasteiger partial charge in [-0.2, -0.15) is 0 Å². The third kappa shape index (κ3) is 4.18. The van der Waals surface area contributed by atoms with E-state index in [4.69, 9.17) is 11.6 Å². The SMILES string of the molecule is CCC(C)(C)NC(=O)c1cc(S(=O)(=O)N(C)C)ccc1Cl. The largest absolute Gasteiger partial charge is 0.347 e. The molecule has 0 aliphatic carbocycles. The summed E-state index contributed by atoms with van der Waals surface area (Å²) in [6.07, 6.45) is 0.742. The average molecular weight is 333 g/mol. The molecule has 21 heavy (non-hydrogen) atoms. The molecule has 0 fully saturated rings. The Bertz CT molecular complexity index is 640. The van der Waals surface area contributed by atoms with E-state index in [1.54, 1.807) is 0 Å². The highest BCUT2D eigenvalue weighted by Crippen LogP contribution is 2.23. The monoisotopic (exact) mass is 332 g/mol. The number of nitrogens with zero attached hydrogens (tertiary/aromatic N) is 1. The van der Waals surface area contributed by atoms with Gasteiger partial charge in [0.1, 0.15) is 0 Å². The van der Waals surface area contributed by atoms with Gasteiger partial charge in [0.05, 0.1) is 15.5 Å². The summed E-state index contributed by atoms with van der Waals surface area (Å²) in [5, 5.41) is 3.06. The first-order valence-corrected chi connectivity index (χ1v) is 8.37. The van der Waals surface area contributed by atoms with Gasteiger partial charge in [0, 0.05) is 19.6 Å². The Hall–Kier alpha value is -1.11. The molecule has 0 radical (unpaired) electrons. The Kier molecular flexibility index (Phi) is 5.41. The van der Waals surface area contributed by atoms with E-state index in [0.29, 0.717) is 0 Å². The van der Waals surface area contributed by atoms with Gasteiger partial charge in [0.25, 0.3) is 5.91 Å². The van der Waals surface area contributed by atoms with Gasteiger partial charge in [0.2, 0.25) is 10.0 Å². The summed E-state index contributed by atoms with van der Waals surface area (Å²) in [6, 6.07) is 4.12. The summed E-state index contributed by atoms with van der Waals surface area (Å²) >= 11 is 6.02. The molecule has 0 atom stereocenters. The van der Waals surface area contributed by atoms with Crippen LogP contribution in [0.3, 0.4) is 0 Å². The van der Waals surface area contributed by atoms with Crippen molar-refractivity contribution in [3.8, 4) is 0 Å². The van der Waals surface area contributed by atoms with Crippen molar-refractivity contribution in [1.29, 1.82) is 0 Å². The molecule has 0 aromatic heterocycles. The maximum absolute atomic E-state index is 12.3. The Morgan fingerprint density at radius 1 is 1.33 bits per heavy atom. The minimum absolute atomic E-state index is 0.0383. The van der Waals surface area contributed by atoms with Crippen molar-refractivity contribution >= 4 is 27.5 Å². The number of hydrogen-bond acceptors (Lipinski definition) is 3. The molecule has 1 aromatic carbocycles. The second kappa shape index (κ2) is 6.34. The number of sulfonamides is 1. The molecule has 1 N–H and O–H groups in total. The van der Waals surface area contributed by atoms with Gasteiger partial charge >= 0.3 is 0 Å². The third-order valence-electron chi connectivity index (χ3n) is 3.30. The van der Waals surface area contributed by atoms with E-state index >= 15 is 0 Å². The number of amides is 1. The van der Waals surface area contributed by atoms with Crippen molar-refractivity contribution in [3.05, 3.63) is 28.8 Å². The van der Waals surface area contributed by atoms with Crippen LogP contribution in [0.25, 0.3) is 0 Å². The summed E-state index contributed by atoms with van der Waals surface area (Å²) in [5.74, 6) is -0.386. The molecule has 1 rings (SSSR count). The second-order valence-corrected chi connectivity index (χ2v) is 8.18. The molecule has 7 heteroatoms. The van der Waals surface area contributed by atoms with Crippen LogP contribution in [0, 0.1) is 0 Å². The topological polar surface area (TPSA) is 66.5 Å². The van der Waals surface area contributed by atoms with E-state index in [-0.39, 0.29) is 21.4 Å². The average Bonchev–Trinajstić information content (AvgIpc) is 2.38. The van der Waals surface area contributed by atoms with Gasteiger partial charge in [-0.3, -0.25) is 4.79 Å². The van der Waals surface area contributed by atoms with Crippen LogP contribution in [0.15, 0.2) is 23.1 Å². The fourth-order valence-electron chi connectivity index (χ4n) is 1.51. The van der Waals surface area contributed by atoms with Gasteiger partial charge in [-0.25, -0.2) is 12.7 Å². The molecule has 0 bridgehead atoms. The fourth-order valence-corrected chi connectivity index (χ4v) is 2.64. The zero-order valence-electron chi connectivity index (χ0n) is 12.9. The first-order chi connectivity index (χ1) is 9.51. The molecule has 0 spiro atoms. The highest BCUT2D eigenvalue weighted by atomic mass is 35.5. The lowest BCUT2D eigenvalue weighted by atomic mass is 10.0. The quantitative estimate of drug-likeness (QED) is 0.901.